The van der Waals surface area contributed by atoms with Crippen LogP contribution in [0, 0.1) is 6.92 Å². The molecule has 1 aromatic carbocycles. The van der Waals surface area contributed by atoms with Crippen molar-refractivity contribution in [2.24, 2.45) is 0 Å². The van der Waals surface area contributed by atoms with E-state index in [0.717, 1.165) is 0 Å². The molecule has 0 radical (unpaired) electrons. The van der Waals surface area contributed by atoms with Crippen LogP contribution >= 0.6 is 54.5 Å². The van der Waals surface area contributed by atoms with Gasteiger partial charge in [-0.3, -0.25) is 0 Å². The highest BCUT2D eigenvalue weighted by molar-refractivity contribution is 9.11. The van der Waals surface area contributed by atoms with Crippen molar-refractivity contribution in [1.82, 2.24) is 0 Å². The van der Waals surface area contributed by atoms with E-state index in [1.54, 1.807) is 11.3 Å². The van der Waals surface area contributed by atoms with Crippen molar-refractivity contribution in [3.8, 4) is 0 Å². The lowest BCUT2D eigenvalue weighted by atomic mass is 10.1. The molecule has 0 aliphatic carbocycles. The normalized spacial score (nSPS) is 11.7. The van der Waals surface area contributed by atoms with E-state index in [0.29, 0.717) is 0 Å². The molecule has 15 heavy (non-hydrogen) atoms. The molecule has 0 saturated carbocycles. The van der Waals surface area contributed by atoms with E-state index >= 15 is 0 Å². The van der Waals surface area contributed by atoms with Gasteiger partial charge in [0.1, 0.15) is 0 Å². The number of thiophene rings is 2. The minimum atomic E-state index is 1.20. The first-order valence-corrected chi connectivity index (χ1v) is 7.65. The molecule has 0 bridgehead atoms. The number of hydrogen-bond donors (Lipinski definition) is 0. The van der Waals surface area contributed by atoms with Gasteiger partial charge in [0.25, 0.3) is 0 Å². The first-order chi connectivity index (χ1) is 7.15. The Bertz CT molecular complexity index is 664. The first-order valence-electron chi connectivity index (χ1n) is 4.43. The second kappa shape index (κ2) is 3.55. The van der Waals surface area contributed by atoms with Gasteiger partial charge in [-0.1, -0.05) is 0 Å². The van der Waals surface area contributed by atoms with Crippen LogP contribution in [0.1, 0.15) is 5.56 Å². The zero-order valence-corrected chi connectivity index (χ0v) is 12.6. The summed E-state index contributed by atoms with van der Waals surface area (Å²) in [6.07, 6.45) is 0. The molecular formula is C11H6Br2S2. The number of hydrogen-bond acceptors (Lipinski definition) is 2. The Morgan fingerprint density at radius 2 is 1.80 bits per heavy atom. The van der Waals surface area contributed by atoms with Gasteiger partial charge < -0.3 is 0 Å². The summed E-state index contributed by atoms with van der Waals surface area (Å²) in [5.41, 5.74) is 1.35. The maximum absolute atomic E-state index is 3.60. The van der Waals surface area contributed by atoms with Gasteiger partial charge in [-0.05, 0) is 73.3 Å². The molecule has 3 aromatic rings. The molecule has 4 heteroatoms. The summed E-state index contributed by atoms with van der Waals surface area (Å²) in [7, 11) is 0. The first kappa shape index (κ1) is 10.3. The third kappa shape index (κ3) is 1.58. The van der Waals surface area contributed by atoms with Crippen LogP contribution in [0.15, 0.2) is 25.8 Å². The molecule has 0 unspecified atom stereocenters. The zero-order valence-electron chi connectivity index (χ0n) is 7.80. The van der Waals surface area contributed by atoms with E-state index in [2.05, 4.69) is 57.0 Å². The predicted molar refractivity (Wildman–Crippen MR) is 77.3 cm³/mol. The zero-order chi connectivity index (χ0) is 10.6. The summed E-state index contributed by atoms with van der Waals surface area (Å²) in [4.78, 5) is 0. The van der Waals surface area contributed by atoms with E-state index in [4.69, 9.17) is 0 Å². The lowest BCUT2D eigenvalue weighted by Crippen LogP contribution is -1.68. The molecule has 0 spiro atoms. The third-order valence-electron chi connectivity index (χ3n) is 2.49. The van der Waals surface area contributed by atoms with E-state index in [-0.39, 0.29) is 0 Å². The second-order valence-electron chi connectivity index (χ2n) is 3.44. The number of benzene rings is 1. The van der Waals surface area contributed by atoms with Crippen LogP contribution in [-0.2, 0) is 0 Å². The van der Waals surface area contributed by atoms with Crippen molar-refractivity contribution >= 4 is 74.7 Å². The van der Waals surface area contributed by atoms with E-state index in [1.807, 2.05) is 11.3 Å². The number of fused-ring (bicyclic) bond motifs is 2. The summed E-state index contributed by atoms with van der Waals surface area (Å²) < 4.78 is 5.15. The lowest BCUT2D eigenvalue weighted by molar-refractivity contribution is 1.58. The minimum Gasteiger partial charge on any atom is -0.128 e. The topological polar surface area (TPSA) is 0 Å². The Labute approximate surface area is 112 Å². The fourth-order valence-corrected chi connectivity index (χ4v) is 4.97. The minimum absolute atomic E-state index is 1.20. The van der Waals surface area contributed by atoms with Gasteiger partial charge in [-0.25, -0.2) is 0 Å². The lowest BCUT2D eigenvalue weighted by Gasteiger charge is -1.92. The molecule has 0 aliphatic rings. The molecule has 0 fully saturated rings. The highest BCUT2D eigenvalue weighted by Gasteiger charge is 2.08. The second-order valence-corrected chi connectivity index (χ2v) is 8.27. The molecule has 0 aliphatic heterocycles. The van der Waals surface area contributed by atoms with Crippen LogP contribution in [0.3, 0.4) is 0 Å². The standard InChI is InChI=1S/C11H6Br2S2/c1-5-7-4-8-6(3-10(12)14-8)2-9(7)15-11(5)13/h2-4H,1H3. The molecule has 0 N–H and O–H groups in total. The van der Waals surface area contributed by atoms with Crippen LogP contribution in [0.25, 0.3) is 20.2 Å². The van der Waals surface area contributed by atoms with E-state index in [9.17, 15) is 0 Å². The van der Waals surface area contributed by atoms with Crippen LogP contribution in [0.5, 0.6) is 0 Å². The molecular weight excluding hydrogens is 356 g/mol. The Morgan fingerprint density at radius 3 is 2.60 bits per heavy atom. The van der Waals surface area contributed by atoms with E-state index in [1.165, 1.54) is 33.3 Å². The average molecular weight is 362 g/mol. The van der Waals surface area contributed by atoms with Gasteiger partial charge in [0.2, 0.25) is 0 Å². The molecule has 0 nitrogen and oxygen atoms in total. The van der Waals surface area contributed by atoms with Crippen molar-refractivity contribution in [2.45, 2.75) is 6.92 Å². The monoisotopic (exact) mass is 360 g/mol. The van der Waals surface area contributed by atoms with Gasteiger partial charge in [0, 0.05) is 9.40 Å². The highest BCUT2D eigenvalue weighted by Crippen LogP contribution is 2.39. The Balaban J connectivity index is 2.51. The maximum atomic E-state index is 3.60. The van der Waals surface area contributed by atoms with Crippen molar-refractivity contribution in [3.63, 3.8) is 0 Å². The van der Waals surface area contributed by atoms with Gasteiger partial charge in [0.15, 0.2) is 0 Å². The number of rotatable bonds is 0. The highest BCUT2D eigenvalue weighted by atomic mass is 79.9. The Hall–Kier alpha value is 0.1000. The average Bonchev–Trinajstić information content (AvgIpc) is 2.65. The molecule has 3 rings (SSSR count). The molecule has 0 atom stereocenters. The van der Waals surface area contributed by atoms with Crippen LogP contribution in [0.4, 0.5) is 0 Å². The smallest absolute Gasteiger partial charge is 0.0740 e. The molecule has 76 valence electrons. The molecule has 0 saturated heterocycles. The fraction of sp³-hybridized carbons (Fsp3) is 0.0909. The van der Waals surface area contributed by atoms with Crippen LogP contribution in [-0.4, -0.2) is 0 Å². The maximum Gasteiger partial charge on any atom is 0.0740 e. The Morgan fingerprint density at radius 1 is 1.00 bits per heavy atom. The fourth-order valence-electron chi connectivity index (χ4n) is 1.69. The van der Waals surface area contributed by atoms with Gasteiger partial charge in [0.05, 0.1) is 7.57 Å². The molecule has 0 amide bonds. The number of halogens is 2. The molecule has 2 heterocycles. The Kier molecular flexibility index (Phi) is 2.43. The van der Waals surface area contributed by atoms with Crippen molar-refractivity contribution < 1.29 is 0 Å². The van der Waals surface area contributed by atoms with Gasteiger partial charge in [-0.2, -0.15) is 0 Å². The third-order valence-corrected chi connectivity index (χ3v) is 6.21. The van der Waals surface area contributed by atoms with Crippen molar-refractivity contribution in [2.75, 3.05) is 0 Å². The van der Waals surface area contributed by atoms with Gasteiger partial charge in [-0.15, -0.1) is 22.7 Å². The predicted octanol–water partition coefficient (Wildman–Crippen LogP) is 5.95. The van der Waals surface area contributed by atoms with Gasteiger partial charge >= 0.3 is 0 Å². The van der Waals surface area contributed by atoms with Crippen molar-refractivity contribution in [3.05, 3.63) is 31.3 Å². The summed E-state index contributed by atoms with van der Waals surface area (Å²) in [6.45, 7) is 2.16. The summed E-state index contributed by atoms with van der Waals surface area (Å²) in [5, 5.41) is 2.70. The number of aryl methyl sites for hydroxylation is 1. The summed E-state index contributed by atoms with van der Waals surface area (Å²) >= 11 is 10.7. The van der Waals surface area contributed by atoms with E-state index < -0.39 is 0 Å². The summed E-state index contributed by atoms with van der Waals surface area (Å²) in [5.74, 6) is 0. The SMILES string of the molecule is Cc1c(Br)sc2cc3cc(Br)sc3cc12. The van der Waals surface area contributed by atoms with Crippen LogP contribution < -0.4 is 0 Å². The summed E-state index contributed by atoms with van der Waals surface area (Å²) in [6, 6.07) is 6.74. The largest absolute Gasteiger partial charge is 0.128 e. The quantitative estimate of drug-likeness (QED) is 0.464. The van der Waals surface area contributed by atoms with Crippen molar-refractivity contribution in [1.29, 1.82) is 0 Å². The van der Waals surface area contributed by atoms with Crippen LogP contribution in [0.2, 0.25) is 0 Å². The molecule has 2 aromatic heterocycles.